The average molecular weight is 361 g/mol. The van der Waals surface area contributed by atoms with E-state index in [2.05, 4.69) is 15.1 Å². The second-order valence-corrected chi connectivity index (χ2v) is 6.81. The van der Waals surface area contributed by atoms with Crippen molar-refractivity contribution in [2.45, 2.75) is 5.92 Å². The van der Waals surface area contributed by atoms with Crippen LogP contribution in [-0.4, -0.2) is 51.8 Å². The van der Waals surface area contributed by atoms with Crippen molar-refractivity contribution in [3.63, 3.8) is 0 Å². The van der Waals surface area contributed by atoms with Crippen LogP contribution >= 0.6 is 0 Å². The zero-order valence-corrected chi connectivity index (χ0v) is 15.4. The molecule has 2 aromatic carbocycles. The van der Waals surface area contributed by atoms with Crippen LogP contribution in [0.25, 0.3) is 0 Å². The zero-order chi connectivity index (χ0) is 18.6. The van der Waals surface area contributed by atoms with Crippen LogP contribution in [0.1, 0.15) is 17.0 Å². The molecule has 0 saturated carbocycles. The maximum absolute atomic E-state index is 13.4. The van der Waals surface area contributed by atoms with Crippen molar-refractivity contribution in [2.75, 3.05) is 31.1 Å². The maximum atomic E-state index is 13.4. The summed E-state index contributed by atoms with van der Waals surface area (Å²) in [6.45, 7) is 2.88. The second kappa shape index (κ2) is 7.61. The van der Waals surface area contributed by atoms with Crippen LogP contribution < -0.4 is 4.90 Å². The predicted molar refractivity (Wildman–Crippen MR) is 105 cm³/mol. The Balaban J connectivity index is 1.54. The summed E-state index contributed by atoms with van der Waals surface area (Å²) in [5.74, 6) is 0.739. The maximum Gasteiger partial charge on any atom is 0.234 e. The third-order valence-corrected chi connectivity index (χ3v) is 5.07. The highest BCUT2D eigenvalue weighted by molar-refractivity contribution is 5.87. The number of rotatable bonds is 4. The lowest BCUT2D eigenvalue weighted by Crippen LogP contribution is -2.50. The van der Waals surface area contributed by atoms with E-state index in [1.165, 1.54) is 0 Å². The molecule has 6 heteroatoms. The zero-order valence-electron chi connectivity index (χ0n) is 15.4. The van der Waals surface area contributed by atoms with Gasteiger partial charge in [-0.3, -0.25) is 4.79 Å². The van der Waals surface area contributed by atoms with E-state index in [1.54, 1.807) is 6.33 Å². The summed E-state index contributed by atoms with van der Waals surface area (Å²) in [6.07, 6.45) is 1.70. The largest absolute Gasteiger partial charge is 0.338 e. The van der Waals surface area contributed by atoms with Crippen molar-refractivity contribution >= 4 is 11.9 Å². The Morgan fingerprint density at radius 1 is 0.889 bits per heavy atom. The number of nitrogens with zero attached hydrogens (tertiary/aromatic N) is 5. The second-order valence-electron chi connectivity index (χ2n) is 6.81. The van der Waals surface area contributed by atoms with Gasteiger partial charge in [-0.15, -0.1) is 10.2 Å². The first-order valence-corrected chi connectivity index (χ1v) is 9.21. The van der Waals surface area contributed by atoms with Crippen molar-refractivity contribution in [1.82, 2.24) is 19.7 Å². The average Bonchev–Trinajstić information content (AvgIpc) is 3.16. The lowest BCUT2D eigenvalue weighted by Gasteiger charge is -2.36. The fourth-order valence-corrected chi connectivity index (χ4v) is 3.64. The highest BCUT2D eigenvalue weighted by Gasteiger charge is 2.30. The molecular weight excluding hydrogens is 338 g/mol. The third-order valence-electron chi connectivity index (χ3n) is 5.07. The van der Waals surface area contributed by atoms with Gasteiger partial charge in [0.2, 0.25) is 11.9 Å². The number of hydrogen-bond donors (Lipinski definition) is 0. The van der Waals surface area contributed by atoms with Crippen molar-refractivity contribution in [1.29, 1.82) is 0 Å². The van der Waals surface area contributed by atoms with Crippen molar-refractivity contribution in [2.24, 2.45) is 7.05 Å². The summed E-state index contributed by atoms with van der Waals surface area (Å²) in [7, 11) is 1.94. The van der Waals surface area contributed by atoms with Gasteiger partial charge in [0.25, 0.3) is 0 Å². The SMILES string of the molecule is Cn1cnnc1N1CCN(C(=O)C(c2ccccc2)c2ccccc2)CC1. The smallest absolute Gasteiger partial charge is 0.234 e. The van der Waals surface area contributed by atoms with Gasteiger partial charge in [-0.25, -0.2) is 0 Å². The Morgan fingerprint density at radius 3 is 1.93 bits per heavy atom. The molecule has 0 radical (unpaired) electrons. The first-order chi connectivity index (χ1) is 13.2. The van der Waals surface area contributed by atoms with Crippen LogP contribution in [-0.2, 0) is 11.8 Å². The molecular formula is C21H23N5O. The molecule has 0 spiro atoms. The summed E-state index contributed by atoms with van der Waals surface area (Å²) in [5.41, 5.74) is 2.06. The number of aryl methyl sites for hydroxylation is 1. The Morgan fingerprint density at radius 2 is 1.44 bits per heavy atom. The minimum absolute atomic E-state index is 0.157. The van der Waals surface area contributed by atoms with Crippen LogP contribution in [0.3, 0.4) is 0 Å². The first kappa shape index (κ1) is 17.3. The van der Waals surface area contributed by atoms with Crippen molar-refractivity contribution in [3.05, 3.63) is 78.1 Å². The van der Waals surface area contributed by atoms with Gasteiger partial charge in [-0.1, -0.05) is 60.7 Å². The normalized spacial score (nSPS) is 14.6. The quantitative estimate of drug-likeness (QED) is 0.716. The molecule has 4 rings (SSSR count). The van der Waals surface area contributed by atoms with E-state index in [-0.39, 0.29) is 11.8 Å². The fourth-order valence-electron chi connectivity index (χ4n) is 3.64. The Bertz CT molecular complexity index is 846. The number of carbonyl (C=O) groups is 1. The minimum Gasteiger partial charge on any atom is -0.338 e. The molecule has 0 unspecified atom stereocenters. The van der Waals surface area contributed by atoms with E-state index in [0.29, 0.717) is 13.1 Å². The van der Waals surface area contributed by atoms with E-state index in [1.807, 2.05) is 77.2 Å². The number of aromatic nitrogens is 3. The van der Waals surface area contributed by atoms with Gasteiger partial charge < -0.3 is 14.4 Å². The summed E-state index contributed by atoms with van der Waals surface area (Å²) >= 11 is 0. The number of piperazine rings is 1. The Hall–Kier alpha value is -3.15. The fraction of sp³-hybridized carbons (Fsp3) is 0.286. The lowest BCUT2D eigenvalue weighted by molar-refractivity contribution is -0.132. The van der Waals surface area contributed by atoms with Crippen LogP contribution in [0.5, 0.6) is 0 Å². The molecule has 0 atom stereocenters. The molecule has 1 aliphatic rings. The van der Waals surface area contributed by atoms with Crippen LogP contribution in [0, 0.1) is 0 Å². The molecule has 1 amide bonds. The predicted octanol–water partition coefficient (Wildman–Crippen LogP) is 2.30. The monoisotopic (exact) mass is 361 g/mol. The van der Waals surface area contributed by atoms with E-state index in [0.717, 1.165) is 30.2 Å². The van der Waals surface area contributed by atoms with E-state index in [4.69, 9.17) is 0 Å². The highest BCUT2D eigenvalue weighted by atomic mass is 16.2. The molecule has 0 aliphatic carbocycles. The van der Waals surface area contributed by atoms with Crippen LogP contribution in [0.2, 0.25) is 0 Å². The number of benzene rings is 2. The number of carbonyl (C=O) groups excluding carboxylic acids is 1. The van der Waals surface area contributed by atoms with Gasteiger partial charge in [-0.05, 0) is 11.1 Å². The van der Waals surface area contributed by atoms with Gasteiger partial charge >= 0.3 is 0 Å². The van der Waals surface area contributed by atoms with Crippen LogP contribution in [0.15, 0.2) is 67.0 Å². The first-order valence-electron chi connectivity index (χ1n) is 9.21. The number of amides is 1. The molecule has 1 aromatic heterocycles. The van der Waals surface area contributed by atoms with Crippen molar-refractivity contribution in [3.8, 4) is 0 Å². The lowest BCUT2D eigenvalue weighted by atomic mass is 9.90. The van der Waals surface area contributed by atoms with Gasteiger partial charge in [0.15, 0.2) is 0 Å². The van der Waals surface area contributed by atoms with Crippen LogP contribution in [0.4, 0.5) is 5.95 Å². The minimum atomic E-state index is -0.270. The summed E-state index contributed by atoms with van der Waals surface area (Å²) in [5, 5.41) is 8.12. The topological polar surface area (TPSA) is 54.3 Å². The summed E-state index contributed by atoms with van der Waals surface area (Å²) < 4.78 is 1.91. The van der Waals surface area contributed by atoms with E-state index < -0.39 is 0 Å². The highest BCUT2D eigenvalue weighted by Crippen LogP contribution is 2.27. The molecule has 0 bridgehead atoms. The Labute approximate surface area is 159 Å². The molecule has 27 heavy (non-hydrogen) atoms. The molecule has 2 heterocycles. The molecule has 6 nitrogen and oxygen atoms in total. The molecule has 138 valence electrons. The molecule has 1 saturated heterocycles. The van der Waals surface area contributed by atoms with E-state index >= 15 is 0 Å². The molecule has 0 N–H and O–H groups in total. The van der Waals surface area contributed by atoms with Gasteiger partial charge in [0, 0.05) is 33.2 Å². The molecule has 1 fully saturated rings. The summed E-state index contributed by atoms with van der Waals surface area (Å²) in [4.78, 5) is 17.6. The summed E-state index contributed by atoms with van der Waals surface area (Å²) in [6, 6.07) is 20.1. The van der Waals surface area contributed by atoms with E-state index in [9.17, 15) is 4.79 Å². The van der Waals surface area contributed by atoms with Gasteiger partial charge in [0.05, 0.1) is 5.92 Å². The standard InChI is InChI=1S/C21H23N5O/c1-24-16-22-23-21(24)26-14-12-25(13-15-26)20(27)19(17-8-4-2-5-9-17)18-10-6-3-7-11-18/h2-11,16,19H,12-15H2,1H3. The number of hydrogen-bond acceptors (Lipinski definition) is 4. The molecule has 1 aliphatic heterocycles. The number of anilines is 1. The van der Waals surface area contributed by atoms with Gasteiger partial charge in [0.1, 0.15) is 6.33 Å². The third kappa shape index (κ3) is 3.56. The Kier molecular flexibility index (Phi) is 4.87. The molecule has 3 aromatic rings. The van der Waals surface area contributed by atoms with Gasteiger partial charge in [-0.2, -0.15) is 0 Å². The van der Waals surface area contributed by atoms with Crippen molar-refractivity contribution < 1.29 is 4.79 Å².